The molecule has 0 radical (unpaired) electrons. The van der Waals surface area contributed by atoms with E-state index in [1.165, 1.54) is 4.90 Å². The second-order valence-electron chi connectivity index (χ2n) is 5.53. The number of hydrogen-bond donors (Lipinski definition) is 1. The second kappa shape index (κ2) is 4.37. The van der Waals surface area contributed by atoms with E-state index in [0.29, 0.717) is 0 Å². The molecule has 4 heteroatoms. The maximum absolute atomic E-state index is 12.7. The maximum Gasteiger partial charge on any atom is 0.325 e. The van der Waals surface area contributed by atoms with Gasteiger partial charge in [0.15, 0.2) is 0 Å². The Morgan fingerprint density at radius 3 is 2.42 bits per heavy atom. The van der Waals surface area contributed by atoms with Crippen LogP contribution in [0.15, 0.2) is 30.3 Å². The van der Waals surface area contributed by atoms with Crippen LogP contribution in [0.4, 0.5) is 4.79 Å². The molecule has 1 heterocycles. The monoisotopic (exact) mass is 258 g/mol. The quantitative estimate of drug-likeness (QED) is 0.828. The molecule has 4 nitrogen and oxygen atoms in total. The summed E-state index contributed by atoms with van der Waals surface area (Å²) in [6.07, 6.45) is 4.07. The number of nitrogens with one attached hydrogen (secondary N) is 1. The van der Waals surface area contributed by atoms with Gasteiger partial charge < -0.3 is 5.32 Å². The minimum absolute atomic E-state index is 0.0815. The van der Waals surface area contributed by atoms with Crippen molar-refractivity contribution in [2.75, 3.05) is 0 Å². The van der Waals surface area contributed by atoms with Gasteiger partial charge in [0.1, 0.15) is 5.54 Å². The van der Waals surface area contributed by atoms with Crippen molar-refractivity contribution < 1.29 is 9.59 Å². The SMILES string of the molecule is CC1(c2ccccc2)NC(=O)N(C2CCCC2)C1=O. The fourth-order valence-corrected chi connectivity index (χ4v) is 3.12. The summed E-state index contributed by atoms with van der Waals surface area (Å²) in [5, 5.41) is 2.86. The van der Waals surface area contributed by atoms with E-state index in [1.54, 1.807) is 6.92 Å². The average molecular weight is 258 g/mol. The van der Waals surface area contributed by atoms with E-state index >= 15 is 0 Å². The fourth-order valence-electron chi connectivity index (χ4n) is 3.12. The molecule has 19 heavy (non-hydrogen) atoms. The Morgan fingerprint density at radius 2 is 1.79 bits per heavy atom. The van der Waals surface area contributed by atoms with E-state index in [0.717, 1.165) is 31.2 Å². The molecule has 1 N–H and O–H groups in total. The molecule has 3 amide bonds. The minimum Gasteiger partial charge on any atom is -0.319 e. The van der Waals surface area contributed by atoms with Gasteiger partial charge in [0, 0.05) is 6.04 Å². The highest BCUT2D eigenvalue weighted by Crippen LogP contribution is 2.33. The minimum atomic E-state index is -0.916. The second-order valence-corrected chi connectivity index (χ2v) is 5.53. The number of nitrogens with zero attached hydrogens (tertiary/aromatic N) is 1. The molecule has 1 saturated heterocycles. The Labute approximate surface area is 112 Å². The van der Waals surface area contributed by atoms with Gasteiger partial charge in [-0.05, 0) is 25.3 Å². The van der Waals surface area contributed by atoms with Crippen LogP contribution in [0.5, 0.6) is 0 Å². The molecular weight excluding hydrogens is 240 g/mol. The van der Waals surface area contributed by atoms with Crippen LogP contribution < -0.4 is 5.32 Å². The smallest absolute Gasteiger partial charge is 0.319 e. The molecule has 3 rings (SSSR count). The molecule has 1 aromatic rings. The molecule has 2 aliphatic rings. The first-order valence-electron chi connectivity index (χ1n) is 6.84. The number of amides is 3. The first-order chi connectivity index (χ1) is 9.13. The number of imide groups is 1. The summed E-state index contributed by atoms with van der Waals surface area (Å²) >= 11 is 0. The van der Waals surface area contributed by atoms with Crippen molar-refractivity contribution in [2.45, 2.75) is 44.2 Å². The van der Waals surface area contributed by atoms with Crippen LogP contribution in [0.3, 0.4) is 0 Å². The highest BCUT2D eigenvalue weighted by Gasteiger charge is 2.51. The lowest BCUT2D eigenvalue weighted by Crippen LogP contribution is -2.42. The number of carbonyl (C=O) groups is 2. The summed E-state index contributed by atoms with van der Waals surface area (Å²) in [7, 11) is 0. The molecular formula is C15H18N2O2. The predicted molar refractivity (Wildman–Crippen MR) is 71.4 cm³/mol. The standard InChI is InChI=1S/C15H18N2O2/c1-15(11-7-3-2-4-8-11)13(18)17(14(19)16-15)12-9-5-6-10-12/h2-4,7-8,12H,5-6,9-10H2,1H3,(H,16,19). The highest BCUT2D eigenvalue weighted by molar-refractivity contribution is 6.07. The number of urea groups is 1. The lowest BCUT2D eigenvalue weighted by molar-refractivity contribution is -0.132. The van der Waals surface area contributed by atoms with E-state index in [2.05, 4.69) is 5.32 Å². The predicted octanol–water partition coefficient (Wildman–Crippen LogP) is 2.40. The molecule has 2 fully saturated rings. The molecule has 1 aliphatic carbocycles. The third kappa shape index (κ3) is 1.82. The summed E-state index contributed by atoms with van der Waals surface area (Å²) in [5.74, 6) is -0.115. The van der Waals surface area contributed by atoms with E-state index in [9.17, 15) is 9.59 Å². The zero-order valence-electron chi connectivity index (χ0n) is 11.1. The van der Waals surface area contributed by atoms with Gasteiger partial charge in [0.2, 0.25) is 0 Å². The number of carbonyl (C=O) groups excluding carboxylic acids is 2. The van der Waals surface area contributed by atoms with Crippen LogP contribution >= 0.6 is 0 Å². The lowest BCUT2D eigenvalue weighted by Gasteiger charge is -2.24. The van der Waals surface area contributed by atoms with Crippen LogP contribution in [0, 0.1) is 0 Å². The number of rotatable bonds is 2. The molecule has 0 aromatic heterocycles. The third-order valence-electron chi connectivity index (χ3n) is 4.26. The Kier molecular flexibility index (Phi) is 2.81. The summed E-state index contributed by atoms with van der Waals surface area (Å²) in [6.45, 7) is 1.79. The van der Waals surface area contributed by atoms with Gasteiger partial charge in [-0.15, -0.1) is 0 Å². The summed E-state index contributed by atoms with van der Waals surface area (Å²) in [4.78, 5) is 26.3. The fraction of sp³-hybridized carbons (Fsp3) is 0.467. The van der Waals surface area contributed by atoms with Crippen LogP contribution in [0.25, 0.3) is 0 Å². The van der Waals surface area contributed by atoms with Crippen molar-refractivity contribution in [3.05, 3.63) is 35.9 Å². The molecule has 0 spiro atoms. The van der Waals surface area contributed by atoms with Crippen molar-refractivity contribution in [1.29, 1.82) is 0 Å². The van der Waals surface area contributed by atoms with Crippen LogP contribution in [0.2, 0.25) is 0 Å². The molecule has 1 unspecified atom stereocenters. The lowest BCUT2D eigenvalue weighted by atomic mass is 9.92. The molecule has 1 aliphatic heterocycles. The first kappa shape index (κ1) is 12.2. The summed E-state index contributed by atoms with van der Waals surface area (Å²) < 4.78 is 0. The topological polar surface area (TPSA) is 49.4 Å². The first-order valence-corrected chi connectivity index (χ1v) is 6.84. The van der Waals surface area contributed by atoms with Crippen molar-refractivity contribution in [3.63, 3.8) is 0 Å². The van der Waals surface area contributed by atoms with E-state index in [4.69, 9.17) is 0 Å². The van der Waals surface area contributed by atoms with Gasteiger partial charge >= 0.3 is 6.03 Å². The summed E-state index contributed by atoms with van der Waals surface area (Å²) in [6, 6.07) is 9.28. The average Bonchev–Trinajstić information content (AvgIpc) is 3.00. The van der Waals surface area contributed by atoms with E-state index in [-0.39, 0.29) is 18.0 Å². The number of benzene rings is 1. The summed E-state index contributed by atoms with van der Waals surface area (Å²) in [5.41, 5.74) is -0.0742. The van der Waals surface area contributed by atoms with Gasteiger partial charge in [-0.25, -0.2) is 4.79 Å². The normalized spacial score (nSPS) is 27.9. The third-order valence-corrected chi connectivity index (χ3v) is 4.26. The van der Waals surface area contributed by atoms with Crippen molar-refractivity contribution >= 4 is 11.9 Å². The van der Waals surface area contributed by atoms with Gasteiger partial charge in [0.25, 0.3) is 5.91 Å². The van der Waals surface area contributed by atoms with Crippen molar-refractivity contribution in [3.8, 4) is 0 Å². The maximum atomic E-state index is 12.7. The van der Waals surface area contributed by atoms with Gasteiger partial charge in [0.05, 0.1) is 0 Å². The molecule has 1 aromatic carbocycles. The van der Waals surface area contributed by atoms with Crippen molar-refractivity contribution in [2.24, 2.45) is 0 Å². The molecule has 0 bridgehead atoms. The van der Waals surface area contributed by atoms with Crippen LogP contribution in [0.1, 0.15) is 38.2 Å². The van der Waals surface area contributed by atoms with Gasteiger partial charge in [-0.1, -0.05) is 43.2 Å². The van der Waals surface area contributed by atoms with Crippen LogP contribution in [-0.4, -0.2) is 22.9 Å². The van der Waals surface area contributed by atoms with Gasteiger partial charge in [-0.2, -0.15) is 0 Å². The molecule has 100 valence electrons. The largest absolute Gasteiger partial charge is 0.325 e. The Hall–Kier alpha value is -1.84. The molecule has 1 saturated carbocycles. The highest BCUT2D eigenvalue weighted by atomic mass is 16.2. The zero-order valence-corrected chi connectivity index (χ0v) is 11.1. The molecule has 1 atom stereocenters. The van der Waals surface area contributed by atoms with Crippen molar-refractivity contribution in [1.82, 2.24) is 10.2 Å². The zero-order chi connectivity index (χ0) is 13.5. The Morgan fingerprint density at radius 1 is 1.16 bits per heavy atom. The van der Waals surface area contributed by atoms with E-state index in [1.807, 2.05) is 30.3 Å². The van der Waals surface area contributed by atoms with Gasteiger partial charge in [-0.3, -0.25) is 9.69 Å². The van der Waals surface area contributed by atoms with E-state index < -0.39 is 5.54 Å². The Balaban J connectivity index is 1.93. The number of hydrogen-bond acceptors (Lipinski definition) is 2. The Bertz CT molecular complexity index is 508. The van der Waals surface area contributed by atoms with Crippen LogP contribution in [-0.2, 0) is 10.3 Å².